The number of ether oxygens (including phenoxy) is 2. The Hall–Kier alpha value is -0.990. The van der Waals surface area contributed by atoms with Gasteiger partial charge in [-0.1, -0.05) is 0 Å². The number of thioether (sulfide) groups is 1. The number of carboxylic acids is 1. The van der Waals surface area contributed by atoms with E-state index in [1.807, 2.05) is 6.26 Å². The van der Waals surface area contributed by atoms with Crippen LogP contribution in [0.4, 0.5) is 4.79 Å². The monoisotopic (exact) mass is 292 g/mol. The maximum absolute atomic E-state index is 11.6. The Labute approximate surface area is 116 Å². The number of carbonyl (C=O) groups is 2. The molecule has 1 aliphatic heterocycles. The van der Waals surface area contributed by atoms with Crippen molar-refractivity contribution < 1.29 is 24.2 Å². The average Bonchev–Trinajstić information content (AvgIpc) is 2.42. The first kappa shape index (κ1) is 16.1. The molecule has 19 heavy (non-hydrogen) atoms. The van der Waals surface area contributed by atoms with Crippen molar-refractivity contribution in [2.45, 2.75) is 18.6 Å². The Balaban J connectivity index is 2.25. The third kappa shape index (κ3) is 6.65. The number of hydrogen-bond donors (Lipinski definition) is 3. The first-order valence-electron chi connectivity index (χ1n) is 6.09. The summed E-state index contributed by atoms with van der Waals surface area (Å²) in [4.78, 5) is 22.5. The standard InChI is InChI=1S/C11H20N2O5S/c1-19-5-2-9(10(14)15)13-11(16)12-6-8-7-17-3-4-18-8/h8-9H,2-7H2,1H3,(H,14,15)(H2,12,13,16). The molecule has 0 aromatic rings. The summed E-state index contributed by atoms with van der Waals surface area (Å²) in [6.45, 7) is 1.83. The summed E-state index contributed by atoms with van der Waals surface area (Å²) in [6.07, 6.45) is 2.11. The zero-order valence-corrected chi connectivity index (χ0v) is 11.7. The number of aliphatic carboxylic acids is 1. The lowest BCUT2D eigenvalue weighted by Gasteiger charge is -2.23. The van der Waals surface area contributed by atoms with Crippen LogP contribution in [-0.4, -0.2) is 67.6 Å². The zero-order chi connectivity index (χ0) is 14.1. The number of amides is 2. The predicted octanol–water partition coefficient (Wildman–Crippen LogP) is -0.0927. The van der Waals surface area contributed by atoms with Gasteiger partial charge in [-0.25, -0.2) is 9.59 Å². The van der Waals surface area contributed by atoms with E-state index in [9.17, 15) is 9.59 Å². The SMILES string of the molecule is CSCCC(NC(=O)NCC1COCCO1)C(=O)O. The second kappa shape index (κ2) is 9.00. The quantitative estimate of drug-likeness (QED) is 0.607. The molecule has 1 saturated heterocycles. The van der Waals surface area contributed by atoms with Gasteiger partial charge in [-0.15, -0.1) is 0 Å². The van der Waals surface area contributed by atoms with Crippen molar-refractivity contribution >= 4 is 23.8 Å². The molecular weight excluding hydrogens is 272 g/mol. The topological polar surface area (TPSA) is 96.9 Å². The molecule has 1 heterocycles. The minimum atomic E-state index is -1.03. The molecule has 0 radical (unpaired) electrons. The van der Waals surface area contributed by atoms with Crippen molar-refractivity contribution in [3.8, 4) is 0 Å². The van der Waals surface area contributed by atoms with Gasteiger partial charge < -0.3 is 25.2 Å². The van der Waals surface area contributed by atoms with Crippen molar-refractivity contribution in [2.24, 2.45) is 0 Å². The summed E-state index contributed by atoms with van der Waals surface area (Å²) >= 11 is 1.54. The maximum atomic E-state index is 11.6. The van der Waals surface area contributed by atoms with Crippen molar-refractivity contribution in [3.63, 3.8) is 0 Å². The molecule has 1 aliphatic rings. The summed E-state index contributed by atoms with van der Waals surface area (Å²) in [6, 6.07) is -1.36. The molecule has 7 nitrogen and oxygen atoms in total. The van der Waals surface area contributed by atoms with Crippen LogP contribution < -0.4 is 10.6 Å². The summed E-state index contributed by atoms with van der Waals surface area (Å²) in [7, 11) is 0. The lowest BCUT2D eigenvalue weighted by Crippen LogP contribution is -2.49. The van der Waals surface area contributed by atoms with Gasteiger partial charge in [0.1, 0.15) is 6.04 Å². The van der Waals surface area contributed by atoms with E-state index in [0.717, 1.165) is 0 Å². The highest BCUT2D eigenvalue weighted by Crippen LogP contribution is 2.01. The second-order valence-electron chi connectivity index (χ2n) is 4.09. The van der Waals surface area contributed by atoms with Gasteiger partial charge in [0, 0.05) is 6.54 Å². The van der Waals surface area contributed by atoms with E-state index in [2.05, 4.69) is 10.6 Å². The van der Waals surface area contributed by atoms with E-state index >= 15 is 0 Å². The van der Waals surface area contributed by atoms with Gasteiger partial charge in [-0.2, -0.15) is 11.8 Å². The number of nitrogens with one attached hydrogen (secondary N) is 2. The summed E-state index contributed by atoms with van der Waals surface area (Å²) in [5, 5.41) is 14.0. The molecule has 0 bridgehead atoms. The largest absolute Gasteiger partial charge is 0.480 e. The molecule has 1 rings (SSSR count). The molecule has 0 aromatic heterocycles. The Morgan fingerprint density at radius 1 is 1.47 bits per heavy atom. The van der Waals surface area contributed by atoms with Crippen molar-refractivity contribution in [1.82, 2.24) is 10.6 Å². The van der Waals surface area contributed by atoms with Gasteiger partial charge in [-0.05, 0) is 18.4 Å². The highest BCUT2D eigenvalue weighted by atomic mass is 32.2. The van der Waals surface area contributed by atoms with E-state index < -0.39 is 18.0 Å². The fourth-order valence-corrected chi connectivity index (χ4v) is 2.03. The highest BCUT2D eigenvalue weighted by molar-refractivity contribution is 7.98. The summed E-state index contributed by atoms with van der Waals surface area (Å²) in [5.41, 5.74) is 0. The predicted molar refractivity (Wildman–Crippen MR) is 71.5 cm³/mol. The van der Waals surface area contributed by atoms with Gasteiger partial charge in [0.25, 0.3) is 0 Å². The maximum Gasteiger partial charge on any atom is 0.326 e. The Kier molecular flexibility index (Phi) is 7.61. The Morgan fingerprint density at radius 2 is 2.26 bits per heavy atom. The lowest BCUT2D eigenvalue weighted by molar-refractivity contribution is -0.139. The summed E-state index contributed by atoms with van der Waals surface area (Å²) < 4.78 is 10.6. The van der Waals surface area contributed by atoms with E-state index in [-0.39, 0.29) is 6.10 Å². The molecule has 2 unspecified atom stereocenters. The van der Waals surface area contributed by atoms with Crippen molar-refractivity contribution in [1.29, 1.82) is 0 Å². The molecule has 2 amide bonds. The fraction of sp³-hybridized carbons (Fsp3) is 0.818. The van der Waals surface area contributed by atoms with Crippen LogP contribution in [0, 0.1) is 0 Å². The Bertz CT molecular complexity index is 297. The van der Waals surface area contributed by atoms with E-state index in [1.54, 1.807) is 0 Å². The average molecular weight is 292 g/mol. The molecule has 110 valence electrons. The second-order valence-corrected chi connectivity index (χ2v) is 5.08. The third-order valence-electron chi connectivity index (χ3n) is 2.59. The summed E-state index contributed by atoms with van der Waals surface area (Å²) in [5.74, 6) is -0.349. The normalized spacial score (nSPS) is 20.6. The molecule has 3 N–H and O–H groups in total. The van der Waals surface area contributed by atoms with E-state index in [1.165, 1.54) is 11.8 Å². The molecular formula is C11H20N2O5S. The van der Waals surface area contributed by atoms with Gasteiger partial charge in [0.2, 0.25) is 0 Å². The zero-order valence-electron chi connectivity index (χ0n) is 10.9. The molecule has 2 atom stereocenters. The molecule has 0 spiro atoms. The van der Waals surface area contributed by atoms with Crippen LogP contribution >= 0.6 is 11.8 Å². The smallest absolute Gasteiger partial charge is 0.326 e. The van der Waals surface area contributed by atoms with Crippen LogP contribution in [0.15, 0.2) is 0 Å². The van der Waals surface area contributed by atoms with Crippen molar-refractivity contribution in [2.75, 3.05) is 38.4 Å². The van der Waals surface area contributed by atoms with Crippen LogP contribution in [0.5, 0.6) is 0 Å². The number of carboxylic acid groups (broad SMARTS) is 1. The molecule has 1 fully saturated rings. The van der Waals surface area contributed by atoms with Gasteiger partial charge in [-0.3, -0.25) is 0 Å². The highest BCUT2D eigenvalue weighted by Gasteiger charge is 2.20. The minimum Gasteiger partial charge on any atom is -0.480 e. The molecule has 0 aromatic carbocycles. The number of hydrogen-bond acceptors (Lipinski definition) is 5. The number of urea groups is 1. The molecule has 0 aliphatic carbocycles. The Morgan fingerprint density at radius 3 is 2.84 bits per heavy atom. The van der Waals surface area contributed by atoms with Gasteiger partial charge in [0.15, 0.2) is 0 Å². The number of carbonyl (C=O) groups excluding carboxylic acids is 1. The van der Waals surface area contributed by atoms with Crippen LogP contribution in [0.3, 0.4) is 0 Å². The molecule has 8 heteroatoms. The van der Waals surface area contributed by atoms with Gasteiger partial charge in [0.05, 0.1) is 25.9 Å². The molecule has 0 saturated carbocycles. The lowest BCUT2D eigenvalue weighted by atomic mass is 10.2. The third-order valence-corrected chi connectivity index (χ3v) is 3.23. The van der Waals surface area contributed by atoms with Crippen LogP contribution in [0.1, 0.15) is 6.42 Å². The van der Waals surface area contributed by atoms with Crippen LogP contribution in [-0.2, 0) is 14.3 Å². The minimum absolute atomic E-state index is 0.172. The first-order valence-corrected chi connectivity index (χ1v) is 7.48. The van der Waals surface area contributed by atoms with Crippen LogP contribution in [0.25, 0.3) is 0 Å². The van der Waals surface area contributed by atoms with Gasteiger partial charge >= 0.3 is 12.0 Å². The van der Waals surface area contributed by atoms with Crippen LogP contribution in [0.2, 0.25) is 0 Å². The van der Waals surface area contributed by atoms with Crippen molar-refractivity contribution in [3.05, 3.63) is 0 Å². The van der Waals surface area contributed by atoms with E-state index in [0.29, 0.717) is 38.5 Å². The van der Waals surface area contributed by atoms with E-state index in [4.69, 9.17) is 14.6 Å². The first-order chi connectivity index (χ1) is 9.13. The fourth-order valence-electron chi connectivity index (χ4n) is 1.56. The number of rotatable bonds is 7.